The van der Waals surface area contributed by atoms with E-state index in [4.69, 9.17) is 4.74 Å². The number of nitrogens with one attached hydrogen (secondary N) is 1. The van der Waals surface area contributed by atoms with Crippen LogP contribution in [0.2, 0.25) is 0 Å². The highest BCUT2D eigenvalue weighted by atomic mass is 32.2. The van der Waals surface area contributed by atoms with Gasteiger partial charge in [-0.2, -0.15) is 8.78 Å². The third kappa shape index (κ3) is 7.51. The van der Waals surface area contributed by atoms with E-state index < -0.39 is 27.6 Å². The Balaban J connectivity index is 1.21. The van der Waals surface area contributed by atoms with Crippen LogP contribution in [0.15, 0.2) is 35.5 Å². The molecule has 0 amide bonds. The van der Waals surface area contributed by atoms with Crippen LogP contribution < -0.4 is 5.32 Å². The molecule has 0 aromatic carbocycles. The zero-order chi connectivity index (χ0) is 38.6. The Morgan fingerprint density at radius 3 is 2.38 bits per heavy atom. The van der Waals surface area contributed by atoms with Gasteiger partial charge in [0.25, 0.3) is 0 Å². The van der Waals surface area contributed by atoms with Crippen molar-refractivity contribution in [1.82, 2.24) is 10.2 Å². The van der Waals surface area contributed by atoms with E-state index in [1.54, 1.807) is 6.92 Å². The monoisotopic (exact) mass is 761 g/mol. The van der Waals surface area contributed by atoms with E-state index >= 15 is 8.78 Å². The summed E-state index contributed by atoms with van der Waals surface area (Å²) in [6.07, 6.45) is 16.5. The topological polar surface area (TPSA) is 75.7 Å². The lowest BCUT2D eigenvalue weighted by molar-refractivity contribution is -0.179. The number of allylic oxidation sites excluding steroid dienone is 5. The van der Waals surface area contributed by atoms with Crippen molar-refractivity contribution in [3.8, 4) is 0 Å². The normalized spacial score (nSPS) is 40.2. The molecular weight excluding hydrogens is 691 g/mol. The molecule has 6 rings (SSSR count). The molecule has 1 aliphatic heterocycles. The van der Waals surface area contributed by atoms with Gasteiger partial charge in [-0.3, -0.25) is 0 Å². The molecule has 4 fully saturated rings. The van der Waals surface area contributed by atoms with E-state index in [1.807, 2.05) is 6.08 Å². The van der Waals surface area contributed by atoms with Gasteiger partial charge in [0.15, 0.2) is 9.84 Å². The Bertz CT molecular complexity index is 1560. The van der Waals surface area contributed by atoms with Crippen LogP contribution >= 0.6 is 0 Å². The van der Waals surface area contributed by atoms with Crippen LogP contribution in [0.1, 0.15) is 126 Å². The van der Waals surface area contributed by atoms with Crippen molar-refractivity contribution in [3.63, 3.8) is 0 Å². The van der Waals surface area contributed by atoms with Crippen LogP contribution in [0.3, 0.4) is 0 Å². The Morgan fingerprint density at radius 2 is 1.70 bits per heavy atom. The quantitative estimate of drug-likeness (QED) is 0.187. The maximum atomic E-state index is 15.1. The molecule has 0 aromatic rings. The zero-order valence-corrected chi connectivity index (χ0v) is 34.8. The van der Waals surface area contributed by atoms with Crippen molar-refractivity contribution in [2.45, 2.75) is 137 Å². The third-order valence-electron chi connectivity index (χ3n) is 16.4. The van der Waals surface area contributed by atoms with Gasteiger partial charge in [0.2, 0.25) is 0 Å². The first-order valence-electron chi connectivity index (χ1n) is 21.1. The molecule has 6 nitrogen and oxygen atoms in total. The fourth-order valence-electron chi connectivity index (χ4n) is 13.3. The van der Waals surface area contributed by atoms with Crippen molar-refractivity contribution in [3.05, 3.63) is 35.5 Å². The summed E-state index contributed by atoms with van der Waals surface area (Å²) in [6, 6.07) is 0. The molecule has 9 atom stereocenters. The molecule has 0 spiro atoms. The molecular formula is C44H70F2N2O4S. The molecule has 9 heteroatoms. The SMILES string of the molecule is C=C(C)C1CCC2(NCCN3CCS(=O)(=O)CC3)CCC(C)C3(C)CCC4C(C)(C)C(C5=CCC(C(F)(F)C(=O)OCC)C5)=CCC4(C)C3CCCC12. The minimum Gasteiger partial charge on any atom is -0.462 e. The number of halogens is 2. The highest BCUT2D eigenvalue weighted by Gasteiger charge is 2.61. The number of esters is 1. The van der Waals surface area contributed by atoms with Crippen molar-refractivity contribution in [2.75, 3.05) is 44.3 Å². The Labute approximate surface area is 320 Å². The first kappa shape index (κ1) is 41.1. The van der Waals surface area contributed by atoms with E-state index in [9.17, 15) is 13.2 Å². The molecule has 0 bridgehead atoms. The number of hydrogen-bond acceptors (Lipinski definition) is 6. The van der Waals surface area contributed by atoms with Crippen LogP contribution in [0.25, 0.3) is 0 Å². The summed E-state index contributed by atoms with van der Waals surface area (Å²) < 4.78 is 59.1. The fourth-order valence-corrected chi connectivity index (χ4v) is 14.5. The lowest BCUT2D eigenvalue weighted by Gasteiger charge is -2.64. The summed E-state index contributed by atoms with van der Waals surface area (Å²) in [5.41, 5.74) is 3.82. The molecule has 6 aliphatic rings. The molecule has 0 aromatic heterocycles. The first-order chi connectivity index (χ1) is 24.8. The zero-order valence-electron chi connectivity index (χ0n) is 34.0. The Kier molecular flexibility index (Phi) is 11.7. The maximum absolute atomic E-state index is 15.1. The fraction of sp³-hybridized carbons (Fsp3) is 0.841. The Morgan fingerprint density at radius 1 is 1.00 bits per heavy atom. The molecule has 3 saturated carbocycles. The van der Waals surface area contributed by atoms with E-state index in [1.165, 1.54) is 62.5 Å². The smallest absolute Gasteiger partial charge is 0.377 e. The molecule has 1 saturated heterocycles. The van der Waals surface area contributed by atoms with Crippen molar-refractivity contribution in [2.24, 2.45) is 51.8 Å². The van der Waals surface area contributed by atoms with Crippen LogP contribution in [-0.4, -0.2) is 75.0 Å². The number of carbonyl (C=O) groups is 1. The summed E-state index contributed by atoms with van der Waals surface area (Å²) in [6.45, 7) is 23.8. The molecule has 1 heterocycles. The maximum Gasteiger partial charge on any atom is 0.377 e. The van der Waals surface area contributed by atoms with Gasteiger partial charge in [-0.15, -0.1) is 0 Å². The van der Waals surface area contributed by atoms with Crippen LogP contribution in [0, 0.1) is 51.8 Å². The second kappa shape index (κ2) is 15.1. The highest BCUT2D eigenvalue weighted by Crippen LogP contribution is 2.68. The van der Waals surface area contributed by atoms with Gasteiger partial charge in [0.05, 0.1) is 18.1 Å². The van der Waals surface area contributed by atoms with Crippen molar-refractivity contribution < 1.29 is 26.7 Å². The average molecular weight is 761 g/mol. The van der Waals surface area contributed by atoms with Crippen LogP contribution in [-0.2, 0) is 19.4 Å². The summed E-state index contributed by atoms with van der Waals surface area (Å²) in [4.78, 5) is 14.5. The van der Waals surface area contributed by atoms with E-state index in [0.717, 1.165) is 31.5 Å². The van der Waals surface area contributed by atoms with E-state index in [2.05, 4.69) is 64.4 Å². The summed E-state index contributed by atoms with van der Waals surface area (Å²) in [5, 5.41) is 4.17. The summed E-state index contributed by atoms with van der Waals surface area (Å²) in [7, 11) is -2.88. The standard InChI is InChI=1S/C44H70F2N2O4S/c1-9-52-39(49)44(45,46)33-14-13-32(29-33)35-17-19-42(8)37(40(35,5)6)18-20-41(7)31(4)15-21-43(47-23-24-48-25-27-53(50,51)28-26-48)22-16-34(30(2)3)36(43)11-10-12-38(41)42/h13,17,31,33-34,36-38,47H,2,9-12,14-16,18-29H2,1,3-8H3. The second-order valence-corrected chi connectivity index (χ2v) is 21.8. The van der Waals surface area contributed by atoms with Gasteiger partial charge in [0.1, 0.15) is 0 Å². The second-order valence-electron chi connectivity index (χ2n) is 19.5. The van der Waals surface area contributed by atoms with E-state index in [-0.39, 0.29) is 52.7 Å². The highest BCUT2D eigenvalue weighted by molar-refractivity contribution is 7.91. The molecule has 0 radical (unpaired) electrons. The lowest BCUT2D eigenvalue weighted by Crippen LogP contribution is -2.57. The largest absolute Gasteiger partial charge is 0.462 e. The van der Waals surface area contributed by atoms with Gasteiger partial charge < -0.3 is 15.0 Å². The van der Waals surface area contributed by atoms with Gasteiger partial charge in [-0.25, -0.2) is 13.2 Å². The van der Waals surface area contributed by atoms with Gasteiger partial charge in [0, 0.05) is 37.6 Å². The van der Waals surface area contributed by atoms with Crippen molar-refractivity contribution in [1.29, 1.82) is 0 Å². The molecule has 53 heavy (non-hydrogen) atoms. The number of rotatable bonds is 9. The number of ether oxygens (including phenoxy) is 1. The average Bonchev–Trinajstić information content (AvgIpc) is 3.72. The molecule has 5 aliphatic carbocycles. The van der Waals surface area contributed by atoms with Gasteiger partial charge in [-0.1, -0.05) is 65.3 Å². The number of alkyl halides is 2. The number of nitrogens with zero attached hydrogens (tertiary/aromatic N) is 1. The molecule has 300 valence electrons. The van der Waals surface area contributed by atoms with Gasteiger partial charge >= 0.3 is 11.9 Å². The summed E-state index contributed by atoms with van der Waals surface area (Å²) >= 11 is 0. The van der Waals surface area contributed by atoms with E-state index in [0.29, 0.717) is 42.7 Å². The number of carbonyl (C=O) groups excluding carboxylic acids is 1. The first-order valence-corrected chi connectivity index (χ1v) is 22.9. The number of hydrogen-bond donors (Lipinski definition) is 1. The predicted molar refractivity (Wildman–Crippen MR) is 210 cm³/mol. The number of sulfone groups is 1. The minimum absolute atomic E-state index is 0.0401. The van der Waals surface area contributed by atoms with Crippen LogP contribution in [0.5, 0.6) is 0 Å². The van der Waals surface area contributed by atoms with Gasteiger partial charge in [-0.05, 0) is 141 Å². The molecule has 9 unspecified atom stereocenters. The third-order valence-corrected chi connectivity index (χ3v) is 18.0. The lowest BCUT2D eigenvalue weighted by atomic mass is 9.40. The Hall–Kier alpha value is -1.58. The molecule has 1 N–H and O–H groups in total. The van der Waals surface area contributed by atoms with Crippen molar-refractivity contribution >= 4 is 15.8 Å². The number of fused-ring (bicyclic) bond motifs is 4. The minimum atomic E-state index is -3.48. The van der Waals surface area contributed by atoms with Crippen LogP contribution in [0.4, 0.5) is 8.78 Å². The summed E-state index contributed by atoms with van der Waals surface area (Å²) in [5.74, 6) is -2.69. The predicted octanol–water partition coefficient (Wildman–Crippen LogP) is 9.18.